The molecule has 2 N–H and O–H groups in total. The number of amides is 4. The van der Waals surface area contributed by atoms with Gasteiger partial charge in [-0.05, 0) is 24.1 Å². The Bertz CT molecular complexity index is 859. The molecule has 8 heteroatoms. The van der Waals surface area contributed by atoms with Gasteiger partial charge in [0.1, 0.15) is 12.1 Å². The molecule has 1 aliphatic heterocycles. The molecule has 26 heavy (non-hydrogen) atoms. The molecule has 1 fully saturated rings. The number of rotatable bonds is 5. The molecule has 2 aromatic rings. The molecular formula is C18H17ClN4O3. The Morgan fingerprint density at radius 3 is 2.62 bits per heavy atom. The number of imide groups is 1. The smallest absolute Gasteiger partial charge is 0.322 e. The number of pyridine rings is 1. The lowest BCUT2D eigenvalue weighted by molar-refractivity contribution is -0.134. The summed E-state index contributed by atoms with van der Waals surface area (Å²) in [7, 11) is 0. The number of urea groups is 1. The van der Waals surface area contributed by atoms with Gasteiger partial charge in [-0.3, -0.25) is 14.5 Å². The van der Waals surface area contributed by atoms with Crippen LogP contribution in [0.5, 0.6) is 0 Å². The third-order valence-corrected chi connectivity index (χ3v) is 4.61. The van der Waals surface area contributed by atoms with E-state index in [1.807, 2.05) is 13.0 Å². The van der Waals surface area contributed by atoms with Crippen LogP contribution in [0.15, 0.2) is 48.7 Å². The first-order chi connectivity index (χ1) is 12.5. The van der Waals surface area contributed by atoms with Crippen LogP contribution in [0.4, 0.5) is 10.5 Å². The number of hydrogen-bond donors (Lipinski definition) is 2. The van der Waals surface area contributed by atoms with E-state index in [-0.39, 0.29) is 5.15 Å². The molecule has 0 bridgehead atoms. The Morgan fingerprint density at radius 1 is 1.23 bits per heavy atom. The lowest BCUT2D eigenvalue weighted by Crippen LogP contribution is -2.44. The lowest BCUT2D eigenvalue weighted by Gasteiger charge is -2.25. The Kier molecular flexibility index (Phi) is 4.90. The van der Waals surface area contributed by atoms with Gasteiger partial charge in [0.2, 0.25) is 5.91 Å². The van der Waals surface area contributed by atoms with Crippen molar-refractivity contribution in [2.75, 3.05) is 11.9 Å². The molecule has 7 nitrogen and oxygen atoms in total. The van der Waals surface area contributed by atoms with Crippen LogP contribution in [-0.4, -0.2) is 34.3 Å². The number of nitrogens with zero attached hydrogens (tertiary/aromatic N) is 2. The van der Waals surface area contributed by atoms with Gasteiger partial charge in [0.25, 0.3) is 5.91 Å². The summed E-state index contributed by atoms with van der Waals surface area (Å²) in [5.74, 6) is -0.994. The average molecular weight is 373 g/mol. The summed E-state index contributed by atoms with van der Waals surface area (Å²) < 4.78 is 0. The summed E-state index contributed by atoms with van der Waals surface area (Å²) >= 11 is 5.90. The summed E-state index contributed by atoms with van der Waals surface area (Å²) in [6, 6.07) is 11.6. The predicted molar refractivity (Wildman–Crippen MR) is 96.5 cm³/mol. The van der Waals surface area contributed by atoms with E-state index in [2.05, 4.69) is 15.6 Å². The Labute approximate surface area is 155 Å². The van der Waals surface area contributed by atoms with E-state index in [4.69, 9.17) is 11.6 Å². The van der Waals surface area contributed by atoms with Crippen molar-refractivity contribution in [2.45, 2.75) is 18.9 Å². The van der Waals surface area contributed by atoms with E-state index in [0.717, 1.165) is 4.90 Å². The minimum absolute atomic E-state index is 0.130. The van der Waals surface area contributed by atoms with E-state index in [1.54, 1.807) is 36.4 Å². The maximum Gasteiger partial charge on any atom is 0.325 e. The van der Waals surface area contributed by atoms with Crippen molar-refractivity contribution in [1.29, 1.82) is 0 Å². The highest BCUT2D eigenvalue weighted by molar-refractivity contribution is 6.32. The lowest BCUT2D eigenvalue weighted by atomic mass is 9.87. The van der Waals surface area contributed by atoms with Crippen molar-refractivity contribution in [3.63, 3.8) is 0 Å². The number of halogens is 1. The van der Waals surface area contributed by atoms with E-state index < -0.39 is 29.9 Å². The fraction of sp³-hybridized carbons (Fsp3) is 0.222. The number of hydrogen-bond acceptors (Lipinski definition) is 4. The van der Waals surface area contributed by atoms with Gasteiger partial charge in [-0.25, -0.2) is 9.78 Å². The van der Waals surface area contributed by atoms with Crippen molar-refractivity contribution in [1.82, 2.24) is 15.2 Å². The maximum atomic E-state index is 12.9. The maximum absolute atomic E-state index is 12.9. The second kappa shape index (κ2) is 7.13. The number of carbonyl (C=O) groups excluding carboxylic acids is 3. The topological polar surface area (TPSA) is 91.4 Å². The van der Waals surface area contributed by atoms with E-state index in [0.29, 0.717) is 17.7 Å². The summed E-state index contributed by atoms with van der Waals surface area (Å²) in [4.78, 5) is 42.4. The molecule has 2 heterocycles. The normalized spacial score (nSPS) is 19.4. The summed E-state index contributed by atoms with van der Waals surface area (Å²) in [6.07, 6.45) is 1.86. The molecule has 1 unspecified atom stereocenters. The highest BCUT2D eigenvalue weighted by Gasteiger charge is 2.51. The zero-order valence-corrected chi connectivity index (χ0v) is 14.8. The van der Waals surface area contributed by atoms with Gasteiger partial charge in [0.15, 0.2) is 5.15 Å². The predicted octanol–water partition coefficient (Wildman–Crippen LogP) is 2.53. The molecule has 4 amide bonds. The van der Waals surface area contributed by atoms with Crippen LogP contribution >= 0.6 is 11.6 Å². The Morgan fingerprint density at radius 2 is 1.96 bits per heavy atom. The number of benzene rings is 1. The van der Waals surface area contributed by atoms with Gasteiger partial charge in [-0.2, -0.15) is 0 Å². The number of carbonyl (C=O) groups is 3. The summed E-state index contributed by atoms with van der Waals surface area (Å²) in [5.41, 5.74) is -0.167. The molecule has 1 aromatic carbocycles. The van der Waals surface area contributed by atoms with E-state index in [1.165, 1.54) is 6.20 Å². The van der Waals surface area contributed by atoms with Gasteiger partial charge in [-0.1, -0.05) is 48.9 Å². The van der Waals surface area contributed by atoms with Crippen LogP contribution in [0.2, 0.25) is 5.15 Å². The highest BCUT2D eigenvalue weighted by atomic mass is 35.5. The number of nitrogens with one attached hydrogen (secondary N) is 2. The minimum Gasteiger partial charge on any atom is -0.322 e. The van der Waals surface area contributed by atoms with Crippen LogP contribution in [0.3, 0.4) is 0 Å². The van der Waals surface area contributed by atoms with Crippen molar-refractivity contribution in [3.8, 4) is 0 Å². The van der Waals surface area contributed by atoms with Gasteiger partial charge in [0.05, 0.1) is 5.69 Å². The molecule has 0 radical (unpaired) electrons. The first-order valence-electron chi connectivity index (χ1n) is 8.08. The number of anilines is 1. The third kappa shape index (κ3) is 3.13. The highest BCUT2D eigenvalue weighted by Crippen LogP contribution is 2.32. The minimum atomic E-state index is -1.16. The standard InChI is InChI=1S/C18H17ClN4O3/c1-2-18(12-7-4-3-5-8-12)16(25)23(17(26)22-18)11-14(24)21-13-9-6-10-20-15(13)19/h3-10H,2,11H2,1H3,(H,21,24)(H,22,26). The monoisotopic (exact) mass is 372 g/mol. The fourth-order valence-corrected chi connectivity index (χ4v) is 3.11. The largest absolute Gasteiger partial charge is 0.325 e. The van der Waals surface area contributed by atoms with Crippen LogP contribution in [0, 0.1) is 0 Å². The second-order valence-corrected chi connectivity index (χ2v) is 6.19. The first-order valence-corrected chi connectivity index (χ1v) is 8.45. The molecule has 0 aliphatic carbocycles. The molecule has 1 aromatic heterocycles. The van der Waals surface area contributed by atoms with Crippen LogP contribution < -0.4 is 10.6 Å². The first kappa shape index (κ1) is 17.9. The average Bonchev–Trinajstić information content (AvgIpc) is 2.89. The molecule has 1 saturated heterocycles. The molecule has 0 spiro atoms. The van der Waals surface area contributed by atoms with Crippen LogP contribution in [-0.2, 0) is 15.1 Å². The van der Waals surface area contributed by atoms with Crippen molar-refractivity contribution >= 4 is 35.1 Å². The van der Waals surface area contributed by atoms with Gasteiger partial charge in [0, 0.05) is 6.20 Å². The molecular weight excluding hydrogens is 356 g/mol. The van der Waals surface area contributed by atoms with Crippen LogP contribution in [0.1, 0.15) is 18.9 Å². The molecule has 1 atom stereocenters. The van der Waals surface area contributed by atoms with Crippen molar-refractivity contribution in [3.05, 3.63) is 59.4 Å². The summed E-state index contributed by atoms with van der Waals surface area (Å²) in [5, 5.41) is 5.42. The quantitative estimate of drug-likeness (QED) is 0.623. The SMILES string of the molecule is CCC1(c2ccccc2)NC(=O)N(CC(=O)Nc2cccnc2Cl)C1=O. The fourth-order valence-electron chi connectivity index (χ4n) is 2.94. The molecule has 134 valence electrons. The molecule has 3 rings (SSSR count). The zero-order valence-electron chi connectivity index (χ0n) is 14.0. The van der Waals surface area contributed by atoms with Gasteiger partial charge < -0.3 is 10.6 Å². The van der Waals surface area contributed by atoms with E-state index >= 15 is 0 Å². The van der Waals surface area contributed by atoms with E-state index in [9.17, 15) is 14.4 Å². The van der Waals surface area contributed by atoms with Crippen molar-refractivity contribution in [2.24, 2.45) is 0 Å². The third-order valence-electron chi connectivity index (χ3n) is 4.31. The van der Waals surface area contributed by atoms with Gasteiger partial charge >= 0.3 is 6.03 Å². The second-order valence-electron chi connectivity index (χ2n) is 5.84. The molecule has 1 aliphatic rings. The van der Waals surface area contributed by atoms with Gasteiger partial charge in [-0.15, -0.1) is 0 Å². The Balaban J connectivity index is 1.79. The zero-order chi connectivity index (χ0) is 18.7. The Hall–Kier alpha value is -2.93. The van der Waals surface area contributed by atoms with Crippen LogP contribution in [0.25, 0.3) is 0 Å². The van der Waals surface area contributed by atoms with Crippen molar-refractivity contribution < 1.29 is 14.4 Å². The molecule has 0 saturated carbocycles. The number of aromatic nitrogens is 1. The summed E-state index contributed by atoms with van der Waals surface area (Å²) in [6.45, 7) is 1.40.